The fraction of sp³-hybridized carbons (Fsp3) is 1.00. The second-order valence-electron chi connectivity index (χ2n) is 6.47. The standard InChI is InChI=1S/C14H28O/c1-11(12-9-7-6-8-10-12)13(2,3)14(4,5)15/h11-12,15H,6-10H2,1-5H3. The minimum absolute atomic E-state index is 0.00894. The molecule has 1 nitrogen and oxygen atoms in total. The fourth-order valence-electron chi connectivity index (χ4n) is 2.78. The van der Waals surface area contributed by atoms with Gasteiger partial charge < -0.3 is 5.11 Å². The molecule has 0 aromatic carbocycles. The number of hydrogen-bond donors (Lipinski definition) is 1. The van der Waals surface area contributed by atoms with E-state index in [2.05, 4.69) is 20.8 Å². The van der Waals surface area contributed by atoms with E-state index in [9.17, 15) is 5.11 Å². The summed E-state index contributed by atoms with van der Waals surface area (Å²) in [6.45, 7) is 10.7. The summed E-state index contributed by atoms with van der Waals surface area (Å²) in [5.41, 5.74) is -0.571. The Bertz CT molecular complexity index is 194. The highest BCUT2D eigenvalue weighted by molar-refractivity contribution is 4.92. The normalized spacial score (nSPS) is 22.8. The highest BCUT2D eigenvalue weighted by Crippen LogP contribution is 2.45. The average molecular weight is 212 g/mol. The van der Waals surface area contributed by atoms with Gasteiger partial charge in [0.25, 0.3) is 0 Å². The summed E-state index contributed by atoms with van der Waals surface area (Å²) in [7, 11) is 0. The average Bonchev–Trinajstić information content (AvgIpc) is 2.16. The number of hydrogen-bond acceptors (Lipinski definition) is 1. The van der Waals surface area contributed by atoms with Gasteiger partial charge in [-0.3, -0.25) is 0 Å². The van der Waals surface area contributed by atoms with E-state index in [1.807, 2.05) is 13.8 Å². The highest BCUT2D eigenvalue weighted by Gasteiger charge is 2.42. The van der Waals surface area contributed by atoms with E-state index in [0.29, 0.717) is 5.92 Å². The van der Waals surface area contributed by atoms with E-state index in [1.54, 1.807) is 0 Å². The van der Waals surface area contributed by atoms with Gasteiger partial charge in [0.2, 0.25) is 0 Å². The molecular weight excluding hydrogens is 184 g/mol. The van der Waals surface area contributed by atoms with Crippen molar-refractivity contribution in [3.8, 4) is 0 Å². The molecule has 1 unspecified atom stereocenters. The van der Waals surface area contributed by atoms with Crippen LogP contribution in [0.25, 0.3) is 0 Å². The van der Waals surface area contributed by atoms with Crippen LogP contribution in [0.4, 0.5) is 0 Å². The Kier molecular flexibility index (Phi) is 3.86. The minimum atomic E-state index is -0.580. The molecule has 1 saturated carbocycles. The molecular formula is C14H28O. The number of aliphatic hydroxyl groups is 1. The third-order valence-corrected chi connectivity index (χ3v) is 5.07. The molecule has 0 saturated heterocycles. The van der Waals surface area contributed by atoms with Crippen LogP contribution in [0.3, 0.4) is 0 Å². The molecule has 0 heterocycles. The van der Waals surface area contributed by atoms with Crippen LogP contribution < -0.4 is 0 Å². The van der Waals surface area contributed by atoms with Crippen molar-refractivity contribution < 1.29 is 5.11 Å². The lowest BCUT2D eigenvalue weighted by molar-refractivity contribution is -0.0818. The lowest BCUT2D eigenvalue weighted by Crippen LogP contribution is -2.46. The van der Waals surface area contributed by atoms with E-state index in [0.717, 1.165) is 5.92 Å². The summed E-state index contributed by atoms with van der Waals surface area (Å²) in [6.07, 6.45) is 6.90. The van der Waals surface area contributed by atoms with E-state index in [1.165, 1.54) is 32.1 Å². The molecule has 0 aromatic rings. The minimum Gasteiger partial charge on any atom is -0.390 e. The maximum Gasteiger partial charge on any atom is 0.0645 e. The molecule has 1 heteroatoms. The van der Waals surface area contributed by atoms with Crippen molar-refractivity contribution in [1.29, 1.82) is 0 Å². The zero-order valence-corrected chi connectivity index (χ0v) is 11.1. The van der Waals surface area contributed by atoms with E-state index >= 15 is 0 Å². The van der Waals surface area contributed by atoms with Gasteiger partial charge in [-0.1, -0.05) is 52.9 Å². The molecule has 90 valence electrons. The maximum atomic E-state index is 10.2. The molecule has 0 aliphatic heterocycles. The topological polar surface area (TPSA) is 20.2 Å². The molecule has 0 amide bonds. The van der Waals surface area contributed by atoms with Crippen LogP contribution in [0.15, 0.2) is 0 Å². The van der Waals surface area contributed by atoms with Crippen LogP contribution >= 0.6 is 0 Å². The first-order valence-corrected chi connectivity index (χ1v) is 6.49. The molecule has 1 atom stereocenters. The summed E-state index contributed by atoms with van der Waals surface area (Å²) in [6, 6.07) is 0. The van der Waals surface area contributed by atoms with Gasteiger partial charge in [-0.15, -0.1) is 0 Å². The molecule has 1 fully saturated rings. The van der Waals surface area contributed by atoms with Crippen molar-refractivity contribution in [3.05, 3.63) is 0 Å². The smallest absolute Gasteiger partial charge is 0.0645 e. The van der Waals surface area contributed by atoms with Gasteiger partial charge in [0, 0.05) is 0 Å². The molecule has 1 N–H and O–H groups in total. The Morgan fingerprint density at radius 1 is 1.00 bits per heavy atom. The van der Waals surface area contributed by atoms with Crippen molar-refractivity contribution in [2.45, 2.75) is 72.3 Å². The Balaban J connectivity index is 2.69. The first-order chi connectivity index (χ1) is 6.77. The Hall–Kier alpha value is -0.0400. The van der Waals surface area contributed by atoms with Crippen molar-refractivity contribution in [2.75, 3.05) is 0 Å². The van der Waals surface area contributed by atoms with Crippen LogP contribution in [0.2, 0.25) is 0 Å². The molecule has 0 aromatic heterocycles. The first kappa shape index (κ1) is 13.0. The highest BCUT2D eigenvalue weighted by atomic mass is 16.3. The maximum absolute atomic E-state index is 10.2. The second kappa shape index (κ2) is 4.45. The molecule has 0 spiro atoms. The molecule has 1 aliphatic rings. The quantitative estimate of drug-likeness (QED) is 0.749. The Morgan fingerprint density at radius 3 is 1.87 bits per heavy atom. The van der Waals surface area contributed by atoms with Crippen LogP contribution in [0.1, 0.15) is 66.7 Å². The van der Waals surface area contributed by atoms with Gasteiger partial charge in [0.05, 0.1) is 5.60 Å². The lowest BCUT2D eigenvalue weighted by Gasteiger charge is -2.46. The van der Waals surface area contributed by atoms with Gasteiger partial charge in [-0.2, -0.15) is 0 Å². The fourth-order valence-corrected chi connectivity index (χ4v) is 2.78. The predicted octanol–water partition coefficient (Wildman–Crippen LogP) is 4.00. The van der Waals surface area contributed by atoms with Gasteiger partial charge in [0.1, 0.15) is 0 Å². The van der Waals surface area contributed by atoms with Crippen LogP contribution in [0.5, 0.6) is 0 Å². The van der Waals surface area contributed by atoms with Crippen molar-refractivity contribution in [2.24, 2.45) is 17.3 Å². The van der Waals surface area contributed by atoms with E-state index in [-0.39, 0.29) is 5.41 Å². The Labute approximate surface area is 95.3 Å². The zero-order chi connectivity index (χ0) is 11.7. The van der Waals surface area contributed by atoms with Crippen LogP contribution in [-0.2, 0) is 0 Å². The second-order valence-corrected chi connectivity index (χ2v) is 6.47. The van der Waals surface area contributed by atoms with Gasteiger partial charge in [-0.05, 0) is 31.1 Å². The van der Waals surface area contributed by atoms with Gasteiger partial charge in [0.15, 0.2) is 0 Å². The Morgan fingerprint density at radius 2 is 1.47 bits per heavy atom. The van der Waals surface area contributed by atoms with Crippen LogP contribution in [0, 0.1) is 17.3 Å². The molecule has 1 aliphatic carbocycles. The number of rotatable bonds is 3. The summed E-state index contributed by atoms with van der Waals surface area (Å²) in [5.74, 6) is 1.43. The zero-order valence-electron chi connectivity index (χ0n) is 11.1. The van der Waals surface area contributed by atoms with Gasteiger partial charge in [-0.25, -0.2) is 0 Å². The summed E-state index contributed by atoms with van der Waals surface area (Å²) >= 11 is 0. The van der Waals surface area contributed by atoms with Crippen LogP contribution in [-0.4, -0.2) is 10.7 Å². The third kappa shape index (κ3) is 2.75. The predicted molar refractivity (Wildman–Crippen MR) is 65.8 cm³/mol. The van der Waals surface area contributed by atoms with E-state index in [4.69, 9.17) is 0 Å². The van der Waals surface area contributed by atoms with E-state index < -0.39 is 5.60 Å². The SMILES string of the molecule is CC(C1CCCCC1)C(C)(C)C(C)(C)O. The molecule has 1 rings (SSSR count). The third-order valence-electron chi connectivity index (χ3n) is 5.07. The summed E-state index contributed by atoms with van der Waals surface area (Å²) < 4.78 is 0. The van der Waals surface area contributed by atoms with Crippen molar-refractivity contribution in [3.63, 3.8) is 0 Å². The van der Waals surface area contributed by atoms with Gasteiger partial charge >= 0.3 is 0 Å². The molecule has 0 bridgehead atoms. The first-order valence-electron chi connectivity index (χ1n) is 6.49. The largest absolute Gasteiger partial charge is 0.390 e. The molecule has 15 heavy (non-hydrogen) atoms. The lowest BCUT2D eigenvalue weighted by atomic mass is 9.62. The summed E-state index contributed by atoms with van der Waals surface area (Å²) in [4.78, 5) is 0. The van der Waals surface area contributed by atoms with Crippen molar-refractivity contribution >= 4 is 0 Å². The monoisotopic (exact) mass is 212 g/mol. The molecule has 0 radical (unpaired) electrons. The summed E-state index contributed by atoms with van der Waals surface area (Å²) in [5, 5.41) is 10.2. The van der Waals surface area contributed by atoms with Crippen molar-refractivity contribution in [1.82, 2.24) is 0 Å².